The van der Waals surface area contributed by atoms with Gasteiger partial charge in [-0.3, -0.25) is 4.79 Å². The number of nitrogens with zero attached hydrogens (tertiary/aromatic N) is 1. The zero-order chi connectivity index (χ0) is 12.8. The summed E-state index contributed by atoms with van der Waals surface area (Å²) in [6.45, 7) is 4.57. The number of aromatic amines is 1. The van der Waals surface area contributed by atoms with Crippen molar-refractivity contribution in [3.8, 4) is 0 Å². The molecule has 0 aromatic carbocycles. The highest BCUT2D eigenvalue weighted by molar-refractivity contribution is 5.83. The van der Waals surface area contributed by atoms with E-state index in [1.807, 2.05) is 0 Å². The second-order valence-electron chi connectivity index (χ2n) is 4.96. The largest absolute Gasteiger partial charge is 0.355 e. The van der Waals surface area contributed by atoms with Crippen molar-refractivity contribution >= 4 is 5.91 Å². The van der Waals surface area contributed by atoms with E-state index in [2.05, 4.69) is 27.5 Å². The topological polar surface area (TPSA) is 69.8 Å². The Kier molecular flexibility index (Phi) is 4.36. The van der Waals surface area contributed by atoms with Crippen molar-refractivity contribution in [1.29, 1.82) is 0 Å². The molecule has 1 aromatic rings. The molecule has 3 N–H and O–H groups in total. The smallest absolute Gasteiger partial charge is 0.227 e. The number of aromatic nitrogens is 2. The SMILES string of the molecule is CCC1(C(=O)NCCc2ncc[nH]2)CCCNC1. The minimum absolute atomic E-state index is 0.184. The molecule has 0 bridgehead atoms. The predicted molar refractivity (Wildman–Crippen MR) is 70.1 cm³/mol. The van der Waals surface area contributed by atoms with E-state index in [4.69, 9.17) is 0 Å². The molecule has 1 fully saturated rings. The number of hydrogen-bond acceptors (Lipinski definition) is 3. The van der Waals surface area contributed by atoms with Crippen LogP contribution in [-0.4, -0.2) is 35.5 Å². The molecule has 5 heteroatoms. The summed E-state index contributed by atoms with van der Waals surface area (Å²) in [6, 6.07) is 0. The van der Waals surface area contributed by atoms with Gasteiger partial charge in [-0.2, -0.15) is 0 Å². The van der Waals surface area contributed by atoms with Crippen molar-refractivity contribution in [2.24, 2.45) is 5.41 Å². The minimum Gasteiger partial charge on any atom is -0.355 e. The van der Waals surface area contributed by atoms with E-state index in [9.17, 15) is 4.79 Å². The quantitative estimate of drug-likeness (QED) is 0.725. The third kappa shape index (κ3) is 2.90. The van der Waals surface area contributed by atoms with Gasteiger partial charge in [0.2, 0.25) is 5.91 Å². The molecule has 1 atom stereocenters. The van der Waals surface area contributed by atoms with Crippen LogP contribution in [0.1, 0.15) is 32.0 Å². The van der Waals surface area contributed by atoms with E-state index >= 15 is 0 Å². The summed E-state index contributed by atoms with van der Waals surface area (Å²) in [7, 11) is 0. The Labute approximate surface area is 108 Å². The molecular weight excluding hydrogens is 228 g/mol. The van der Waals surface area contributed by atoms with Crippen LogP contribution in [0.25, 0.3) is 0 Å². The number of carbonyl (C=O) groups is 1. The summed E-state index contributed by atoms with van der Waals surface area (Å²) in [5, 5.41) is 6.38. The second kappa shape index (κ2) is 6.00. The summed E-state index contributed by atoms with van der Waals surface area (Å²) in [6.07, 6.45) is 7.26. The highest BCUT2D eigenvalue weighted by Crippen LogP contribution is 2.30. The molecule has 0 radical (unpaired) electrons. The number of carbonyl (C=O) groups excluding carboxylic acids is 1. The van der Waals surface area contributed by atoms with Gasteiger partial charge >= 0.3 is 0 Å². The van der Waals surface area contributed by atoms with Gasteiger partial charge in [0.25, 0.3) is 0 Å². The lowest BCUT2D eigenvalue weighted by molar-refractivity contribution is -0.132. The summed E-state index contributed by atoms with van der Waals surface area (Å²) in [5.41, 5.74) is -0.207. The van der Waals surface area contributed by atoms with Crippen molar-refractivity contribution in [1.82, 2.24) is 20.6 Å². The highest BCUT2D eigenvalue weighted by atomic mass is 16.2. The van der Waals surface area contributed by atoms with Crippen LogP contribution in [0, 0.1) is 5.41 Å². The molecule has 1 amide bonds. The van der Waals surface area contributed by atoms with Gasteiger partial charge in [0.15, 0.2) is 0 Å². The number of nitrogens with one attached hydrogen (secondary N) is 3. The van der Waals surface area contributed by atoms with E-state index in [0.717, 1.165) is 44.6 Å². The first-order valence-corrected chi connectivity index (χ1v) is 6.74. The molecule has 0 aliphatic carbocycles. The molecule has 5 nitrogen and oxygen atoms in total. The predicted octanol–water partition coefficient (Wildman–Crippen LogP) is 0.848. The number of hydrogen-bond donors (Lipinski definition) is 3. The average molecular weight is 250 g/mol. The second-order valence-corrected chi connectivity index (χ2v) is 4.96. The van der Waals surface area contributed by atoms with E-state index in [1.165, 1.54) is 0 Å². The van der Waals surface area contributed by atoms with Gasteiger partial charge in [0.05, 0.1) is 5.41 Å². The summed E-state index contributed by atoms with van der Waals surface area (Å²) in [5.74, 6) is 1.10. The van der Waals surface area contributed by atoms with E-state index in [1.54, 1.807) is 12.4 Å². The molecule has 1 unspecified atom stereocenters. The Morgan fingerprint density at radius 3 is 3.11 bits per heavy atom. The molecular formula is C13H22N4O. The van der Waals surface area contributed by atoms with E-state index in [0.29, 0.717) is 6.54 Å². The first kappa shape index (κ1) is 13.1. The third-order valence-electron chi connectivity index (χ3n) is 3.83. The fourth-order valence-electron chi connectivity index (χ4n) is 2.54. The first-order valence-electron chi connectivity index (χ1n) is 6.74. The first-order chi connectivity index (χ1) is 8.77. The minimum atomic E-state index is -0.207. The fraction of sp³-hybridized carbons (Fsp3) is 0.692. The zero-order valence-electron chi connectivity index (χ0n) is 11.0. The maximum Gasteiger partial charge on any atom is 0.227 e. The zero-order valence-corrected chi connectivity index (χ0v) is 11.0. The van der Waals surface area contributed by atoms with Crippen LogP contribution in [0.3, 0.4) is 0 Å². The molecule has 2 rings (SSSR count). The van der Waals surface area contributed by atoms with Gasteiger partial charge in [-0.25, -0.2) is 4.98 Å². The van der Waals surface area contributed by atoms with Gasteiger partial charge in [0.1, 0.15) is 5.82 Å². The molecule has 1 saturated heterocycles. The van der Waals surface area contributed by atoms with Crippen molar-refractivity contribution in [3.05, 3.63) is 18.2 Å². The van der Waals surface area contributed by atoms with Crippen LogP contribution >= 0.6 is 0 Å². The normalized spacial score (nSPS) is 23.8. The maximum absolute atomic E-state index is 12.3. The number of rotatable bonds is 5. The lowest BCUT2D eigenvalue weighted by Gasteiger charge is -2.35. The Bertz CT molecular complexity index is 368. The van der Waals surface area contributed by atoms with Gasteiger partial charge in [-0.1, -0.05) is 6.92 Å². The van der Waals surface area contributed by atoms with E-state index in [-0.39, 0.29) is 11.3 Å². The van der Waals surface area contributed by atoms with Crippen LogP contribution < -0.4 is 10.6 Å². The van der Waals surface area contributed by atoms with Crippen LogP contribution in [0.5, 0.6) is 0 Å². The summed E-state index contributed by atoms with van der Waals surface area (Å²) in [4.78, 5) is 19.5. The van der Waals surface area contributed by atoms with Crippen LogP contribution in [-0.2, 0) is 11.2 Å². The molecule has 1 aliphatic heterocycles. The van der Waals surface area contributed by atoms with Gasteiger partial charge in [-0.05, 0) is 25.8 Å². The summed E-state index contributed by atoms with van der Waals surface area (Å²) >= 11 is 0. The average Bonchev–Trinajstić information content (AvgIpc) is 2.92. The van der Waals surface area contributed by atoms with Crippen LogP contribution in [0.2, 0.25) is 0 Å². The third-order valence-corrected chi connectivity index (χ3v) is 3.83. The van der Waals surface area contributed by atoms with Crippen molar-refractivity contribution in [2.45, 2.75) is 32.6 Å². The number of imidazole rings is 1. The molecule has 1 aliphatic rings. The van der Waals surface area contributed by atoms with Crippen LogP contribution in [0.4, 0.5) is 0 Å². The Morgan fingerprint density at radius 2 is 2.50 bits per heavy atom. The Hall–Kier alpha value is -1.36. The lowest BCUT2D eigenvalue weighted by atomic mass is 9.77. The Morgan fingerprint density at radius 1 is 1.61 bits per heavy atom. The summed E-state index contributed by atoms with van der Waals surface area (Å²) < 4.78 is 0. The molecule has 18 heavy (non-hydrogen) atoms. The highest BCUT2D eigenvalue weighted by Gasteiger charge is 2.37. The Balaban J connectivity index is 1.82. The van der Waals surface area contributed by atoms with Crippen LogP contribution in [0.15, 0.2) is 12.4 Å². The fourth-order valence-corrected chi connectivity index (χ4v) is 2.54. The van der Waals surface area contributed by atoms with Gasteiger partial charge in [-0.15, -0.1) is 0 Å². The lowest BCUT2D eigenvalue weighted by Crippen LogP contribution is -2.50. The van der Waals surface area contributed by atoms with Crippen molar-refractivity contribution < 1.29 is 4.79 Å². The number of piperidine rings is 1. The monoisotopic (exact) mass is 250 g/mol. The molecule has 0 spiro atoms. The molecule has 0 saturated carbocycles. The molecule has 2 heterocycles. The van der Waals surface area contributed by atoms with Crippen molar-refractivity contribution in [3.63, 3.8) is 0 Å². The maximum atomic E-state index is 12.3. The van der Waals surface area contributed by atoms with E-state index < -0.39 is 0 Å². The number of amides is 1. The van der Waals surface area contributed by atoms with Crippen molar-refractivity contribution in [2.75, 3.05) is 19.6 Å². The number of H-pyrrole nitrogens is 1. The molecule has 1 aromatic heterocycles. The standard InChI is InChI=1S/C13H22N4O/c1-2-13(5-3-6-14-10-13)12(18)17-7-4-11-15-8-9-16-11/h8-9,14H,2-7,10H2,1H3,(H,15,16)(H,17,18). The molecule has 100 valence electrons. The van der Waals surface area contributed by atoms with Gasteiger partial charge < -0.3 is 15.6 Å². The van der Waals surface area contributed by atoms with Gasteiger partial charge in [0, 0.05) is 31.9 Å².